The summed E-state index contributed by atoms with van der Waals surface area (Å²) in [6, 6.07) is 12.2. The van der Waals surface area contributed by atoms with Gasteiger partial charge in [-0.1, -0.05) is 48.5 Å². The van der Waals surface area contributed by atoms with E-state index in [1.165, 1.54) is 24.3 Å². The van der Waals surface area contributed by atoms with Crippen molar-refractivity contribution < 1.29 is 78.9 Å². The van der Waals surface area contributed by atoms with E-state index >= 15 is 0 Å². The van der Waals surface area contributed by atoms with E-state index in [-0.39, 0.29) is 70.2 Å². The van der Waals surface area contributed by atoms with E-state index in [0.29, 0.717) is 11.1 Å². The second-order valence-corrected chi connectivity index (χ2v) is 3.67. The molecule has 0 atom stereocenters. The van der Waals surface area contributed by atoms with Crippen molar-refractivity contribution in [1.29, 1.82) is 0 Å². The van der Waals surface area contributed by atoms with Gasteiger partial charge in [0.05, 0.1) is 11.9 Å². The van der Waals surface area contributed by atoms with Crippen molar-refractivity contribution >= 4 is 11.9 Å². The summed E-state index contributed by atoms with van der Waals surface area (Å²) in [5, 5.41) is 22.0. The van der Waals surface area contributed by atoms with Gasteiger partial charge in [-0.15, -0.1) is 0 Å². The number of hydrogen-bond donors (Lipinski definition) is 0. The standard InChI is InChI=1S/C14H10O4.2Na/c15-13(16)11-7-3-1-5-9(11)10-6-2-4-8-12(10)14(17)18;;/h1-8H,(H,15,16)(H,17,18);;/q;2*+1/p-2. The van der Waals surface area contributed by atoms with Crippen LogP contribution in [0.25, 0.3) is 11.1 Å². The van der Waals surface area contributed by atoms with Gasteiger partial charge in [-0.05, 0) is 11.1 Å². The van der Waals surface area contributed by atoms with Crippen molar-refractivity contribution in [2.24, 2.45) is 0 Å². The molecule has 0 saturated carbocycles. The molecule has 0 radical (unpaired) electrons. The molecule has 0 aliphatic rings. The van der Waals surface area contributed by atoms with E-state index in [9.17, 15) is 19.8 Å². The zero-order chi connectivity index (χ0) is 13.1. The zero-order valence-electron chi connectivity index (χ0n) is 11.3. The van der Waals surface area contributed by atoms with Crippen molar-refractivity contribution in [3.8, 4) is 11.1 Å². The first-order chi connectivity index (χ1) is 8.61. The Kier molecular flexibility index (Phi) is 8.35. The Morgan fingerprint density at radius 2 is 0.950 bits per heavy atom. The molecule has 0 aliphatic heterocycles. The SMILES string of the molecule is O=C([O-])c1ccccc1-c1ccccc1C(=O)[O-].[Na+].[Na+]. The fourth-order valence-electron chi connectivity index (χ4n) is 1.79. The maximum Gasteiger partial charge on any atom is 1.00 e. The first-order valence-corrected chi connectivity index (χ1v) is 5.22. The van der Waals surface area contributed by atoms with E-state index in [1.54, 1.807) is 24.3 Å². The Hall–Kier alpha value is -0.620. The van der Waals surface area contributed by atoms with Crippen molar-refractivity contribution in [1.82, 2.24) is 0 Å². The quantitative estimate of drug-likeness (QED) is 0.526. The Morgan fingerprint density at radius 1 is 0.650 bits per heavy atom. The summed E-state index contributed by atoms with van der Waals surface area (Å²) in [7, 11) is 0. The fourth-order valence-corrected chi connectivity index (χ4v) is 1.79. The Bertz CT molecular complexity index is 571. The molecule has 4 nitrogen and oxygen atoms in total. The molecule has 90 valence electrons. The van der Waals surface area contributed by atoms with E-state index in [1.807, 2.05) is 0 Å². The van der Waals surface area contributed by atoms with Crippen molar-refractivity contribution in [3.63, 3.8) is 0 Å². The molecule has 20 heavy (non-hydrogen) atoms. The summed E-state index contributed by atoms with van der Waals surface area (Å²) in [6.45, 7) is 0. The molecule has 0 heterocycles. The van der Waals surface area contributed by atoms with Gasteiger partial charge in [-0.25, -0.2) is 0 Å². The molecular weight excluding hydrogens is 278 g/mol. The summed E-state index contributed by atoms with van der Waals surface area (Å²) < 4.78 is 0. The van der Waals surface area contributed by atoms with Gasteiger partial charge in [0, 0.05) is 11.1 Å². The Balaban J connectivity index is 0.00000180. The molecule has 6 heteroatoms. The smallest absolute Gasteiger partial charge is 0.545 e. The van der Waals surface area contributed by atoms with Crippen molar-refractivity contribution in [2.45, 2.75) is 0 Å². The predicted octanol–water partition coefficient (Wildman–Crippen LogP) is -5.91. The van der Waals surface area contributed by atoms with Crippen molar-refractivity contribution in [3.05, 3.63) is 59.7 Å². The van der Waals surface area contributed by atoms with Gasteiger partial charge in [0.1, 0.15) is 0 Å². The minimum Gasteiger partial charge on any atom is -0.545 e. The molecule has 0 aliphatic carbocycles. The molecule has 0 fully saturated rings. The summed E-state index contributed by atoms with van der Waals surface area (Å²) in [5.74, 6) is -2.70. The minimum absolute atomic E-state index is 0. The van der Waals surface area contributed by atoms with Crippen LogP contribution in [0.4, 0.5) is 0 Å². The first kappa shape index (κ1) is 19.4. The maximum atomic E-state index is 11.0. The minimum atomic E-state index is -1.35. The van der Waals surface area contributed by atoms with Crippen LogP contribution in [0.2, 0.25) is 0 Å². The van der Waals surface area contributed by atoms with Crippen molar-refractivity contribution in [2.75, 3.05) is 0 Å². The van der Waals surface area contributed by atoms with Crippen LogP contribution >= 0.6 is 0 Å². The van der Waals surface area contributed by atoms with Gasteiger partial charge < -0.3 is 19.8 Å². The van der Waals surface area contributed by atoms with E-state index in [0.717, 1.165) is 0 Å². The predicted molar refractivity (Wildman–Crippen MR) is 60.5 cm³/mol. The van der Waals surface area contributed by atoms with Gasteiger partial charge in [-0.3, -0.25) is 0 Å². The summed E-state index contributed by atoms with van der Waals surface area (Å²) in [5.41, 5.74) is 0.506. The van der Waals surface area contributed by atoms with Crippen LogP contribution in [-0.4, -0.2) is 11.9 Å². The third-order valence-corrected chi connectivity index (χ3v) is 2.58. The third kappa shape index (κ3) is 4.19. The molecule has 0 saturated heterocycles. The summed E-state index contributed by atoms with van der Waals surface area (Å²) in [6.07, 6.45) is 0. The average molecular weight is 286 g/mol. The molecule has 0 aromatic heterocycles. The van der Waals surface area contributed by atoms with Gasteiger partial charge in [0.2, 0.25) is 0 Å². The Morgan fingerprint density at radius 3 is 1.25 bits per heavy atom. The van der Waals surface area contributed by atoms with Crippen LogP contribution in [0.5, 0.6) is 0 Å². The van der Waals surface area contributed by atoms with Crippen LogP contribution < -0.4 is 69.3 Å². The van der Waals surface area contributed by atoms with Gasteiger partial charge in [0.25, 0.3) is 0 Å². The number of aromatic carboxylic acids is 2. The molecule has 0 spiro atoms. The third-order valence-electron chi connectivity index (χ3n) is 2.58. The number of hydrogen-bond acceptors (Lipinski definition) is 4. The Labute approximate surface area is 160 Å². The monoisotopic (exact) mass is 286 g/mol. The van der Waals surface area contributed by atoms with Gasteiger partial charge in [0.15, 0.2) is 0 Å². The van der Waals surface area contributed by atoms with Crippen LogP contribution in [0.15, 0.2) is 48.5 Å². The number of rotatable bonds is 3. The first-order valence-electron chi connectivity index (χ1n) is 5.22. The molecule has 0 amide bonds. The number of benzene rings is 2. The number of carboxylic acid groups (broad SMARTS) is 2. The van der Waals surface area contributed by atoms with E-state index in [2.05, 4.69) is 0 Å². The fraction of sp³-hybridized carbons (Fsp3) is 0. The molecular formula is C14H8Na2O4. The van der Waals surface area contributed by atoms with E-state index < -0.39 is 11.9 Å². The summed E-state index contributed by atoms with van der Waals surface area (Å²) in [4.78, 5) is 22.0. The average Bonchev–Trinajstić information content (AvgIpc) is 2.38. The molecule has 0 bridgehead atoms. The summed E-state index contributed by atoms with van der Waals surface area (Å²) >= 11 is 0. The molecule has 2 aromatic carbocycles. The topological polar surface area (TPSA) is 80.3 Å². The zero-order valence-corrected chi connectivity index (χ0v) is 15.3. The van der Waals surface area contributed by atoms with E-state index in [4.69, 9.17) is 0 Å². The van der Waals surface area contributed by atoms with Crippen LogP contribution in [0, 0.1) is 0 Å². The molecule has 0 unspecified atom stereocenters. The van der Waals surface area contributed by atoms with Crippen LogP contribution in [0.1, 0.15) is 20.7 Å². The number of carboxylic acids is 2. The molecule has 2 aromatic rings. The van der Waals surface area contributed by atoms with Crippen LogP contribution in [0.3, 0.4) is 0 Å². The van der Waals surface area contributed by atoms with Gasteiger partial charge >= 0.3 is 59.1 Å². The maximum absolute atomic E-state index is 11.0. The largest absolute Gasteiger partial charge is 1.00 e. The van der Waals surface area contributed by atoms with Gasteiger partial charge in [-0.2, -0.15) is 0 Å². The normalized spacial score (nSPS) is 9.00. The number of carbonyl (C=O) groups is 2. The molecule has 0 N–H and O–H groups in total. The second-order valence-electron chi connectivity index (χ2n) is 3.67. The number of carbonyl (C=O) groups excluding carboxylic acids is 2. The second kappa shape index (κ2) is 8.62. The van der Waals surface area contributed by atoms with Crippen LogP contribution in [-0.2, 0) is 0 Å². The molecule has 2 rings (SSSR count).